The summed E-state index contributed by atoms with van der Waals surface area (Å²) in [6.45, 7) is 6.96. The molecule has 1 aliphatic rings. The lowest BCUT2D eigenvalue weighted by Crippen LogP contribution is -2.17. The molecule has 0 atom stereocenters. The standard InChI is InChI=1S/C31H34N2O2/c1-23-11-13-24(14-12-23)15-16-29-27-9-6-10-30(34)28(27)17-18-31(29)35-20-19-26(22-32-2)33-21-25-7-4-3-5-8-25/h3-5,7-8,11-14,17-18,22,33H,2,6,9-10,15-16,19-21H2,1H3/b26-22-. The van der Waals surface area contributed by atoms with Crippen molar-refractivity contribution in [3.05, 3.63) is 112 Å². The number of aliphatic imine (C=N–C) groups is 1. The molecule has 4 heteroatoms. The first-order valence-electron chi connectivity index (χ1n) is 12.4. The largest absolute Gasteiger partial charge is 0.493 e. The van der Waals surface area contributed by atoms with E-state index < -0.39 is 0 Å². The van der Waals surface area contributed by atoms with Gasteiger partial charge in [0.05, 0.1) is 6.61 Å². The number of fused-ring (bicyclic) bond motifs is 1. The van der Waals surface area contributed by atoms with E-state index in [9.17, 15) is 4.79 Å². The fourth-order valence-electron chi connectivity index (χ4n) is 4.60. The second-order valence-corrected chi connectivity index (χ2v) is 9.11. The molecular formula is C31H34N2O2. The summed E-state index contributed by atoms with van der Waals surface area (Å²) in [6, 6.07) is 22.9. The summed E-state index contributed by atoms with van der Waals surface area (Å²) in [6.07, 6.45) is 6.72. The van der Waals surface area contributed by atoms with Crippen LogP contribution in [-0.4, -0.2) is 19.1 Å². The monoisotopic (exact) mass is 466 g/mol. The minimum absolute atomic E-state index is 0.252. The number of benzene rings is 3. The highest BCUT2D eigenvalue weighted by Crippen LogP contribution is 2.32. The molecule has 0 aliphatic heterocycles. The number of nitrogens with zero attached hydrogens (tertiary/aromatic N) is 1. The number of Topliss-reactive ketones (excluding diaryl/α,β-unsaturated/α-hetero) is 1. The molecule has 35 heavy (non-hydrogen) atoms. The number of ketones is 1. The van der Waals surface area contributed by atoms with Crippen LogP contribution in [0, 0.1) is 6.92 Å². The summed E-state index contributed by atoms with van der Waals surface area (Å²) in [5, 5.41) is 3.45. The Kier molecular flexibility index (Phi) is 8.50. The number of ether oxygens (including phenoxy) is 1. The highest BCUT2D eigenvalue weighted by atomic mass is 16.5. The van der Waals surface area contributed by atoms with Gasteiger partial charge in [0.15, 0.2) is 5.78 Å². The Hall–Kier alpha value is -3.66. The van der Waals surface area contributed by atoms with Gasteiger partial charge < -0.3 is 10.1 Å². The number of carbonyl (C=O) groups is 1. The predicted octanol–water partition coefficient (Wildman–Crippen LogP) is 6.40. The van der Waals surface area contributed by atoms with Crippen LogP contribution in [0.25, 0.3) is 0 Å². The lowest BCUT2D eigenvalue weighted by atomic mass is 9.85. The molecule has 0 radical (unpaired) electrons. The van der Waals surface area contributed by atoms with E-state index in [-0.39, 0.29) is 5.78 Å². The van der Waals surface area contributed by atoms with Crippen molar-refractivity contribution < 1.29 is 9.53 Å². The van der Waals surface area contributed by atoms with Crippen LogP contribution in [0.3, 0.4) is 0 Å². The Balaban J connectivity index is 1.45. The van der Waals surface area contributed by atoms with E-state index in [2.05, 4.69) is 60.3 Å². The molecule has 3 aromatic carbocycles. The van der Waals surface area contributed by atoms with Gasteiger partial charge in [0.2, 0.25) is 0 Å². The first-order chi connectivity index (χ1) is 17.1. The Morgan fingerprint density at radius 3 is 2.57 bits per heavy atom. The molecule has 0 saturated heterocycles. The summed E-state index contributed by atoms with van der Waals surface area (Å²) in [5.74, 6) is 1.14. The molecule has 0 spiro atoms. The molecule has 1 N–H and O–H groups in total. The predicted molar refractivity (Wildman–Crippen MR) is 143 cm³/mol. The van der Waals surface area contributed by atoms with Crippen molar-refractivity contribution in [3.8, 4) is 5.75 Å². The zero-order chi connectivity index (χ0) is 24.5. The first-order valence-corrected chi connectivity index (χ1v) is 12.4. The van der Waals surface area contributed by atoms with Gasteiger partial charge in [-0.05, 0) is 73.7 Å². The summed E-state index contributed by atoms with van der Waals surface area (Å²) in [7, 11) is 0. The van der Waals surface area contributed by atoms with Gasteiger partial charge in [0.25, 0.3) is 0 Å². The van der Waals surface area contributed by atoms with Gasteiger partial charge >= 0.3 is 0 Å². The normalized spacial score (nSPS) is 13.3. The fourth-order valence-corrected chi connectivity index (χ4v) is 4.60. The maximum atomic E-state index is 12.6. The highest BCUT2D eigenvalue weighted by Gasteiger charge is 2.22. The Morgan fingerprint density at radius 1 is 1.00 bits per heavy atom. The Morgan fingerprint density at radius 2 is 1.80 bits per heavy atom. The molecule has 0 heterocycles. The van der Waals surface area contributed by atoms with Crippen LogP contribution >= 0.6 is 0 Å². The molecule has 0 bridgehead atoms. The maximum absolute atomic E-state index is 12.6. The molecule has 4 nitrogen and oxygen atoms in total. The Bertz CT molecular complexity index is 1180. The van der Waals surface area contributed by atoms with Crippen LogP contribution in [0.4, 0.5) is 0 Å². The number of hydrogen-bond donors (Lipinski definition) is 1. The minimum atomic E-state index is 0.252. The second kappa shape index (κ2) is 12.2. The van der Waals surface area contributed by atoms with E-state index >= 15 is 0 Å². The maximum Gasteiger partial charge on any atom is 0.163 e. The molecule has 0 unspecified atom stereocenters. The molecule has 4 rings (SSSR count). The third-order valence-corrected chi connectivity index (χ3v) is 6.54. The van der Waals surface area contributed by atoms with Crippen LogP contribution in [0.1, 0.15) is 57.4 Å². The molecule has 0 saturated carbocycles. The summed E-state index contributed by atoms with van der Waals surface area (Å²) < 4.78 is 6.32. The topological polar surface area (TPSA) is 50.7 Å². The van der Waals surface area contributed by atoms with Crippen molar-refractivity contribution in [2.24, 2.45) is 4.99 Å². The van der Waals surface area contributed by atoms with Gasteiger partial charge in [-0.15, -0.1) is 0 Å². The third-order valence-electron chi connectivity index (χ3n) is 6.54. The van der Waals surface area contributed by atoms with Crippen molar-refractivity contribution >= 4 is 12.5 Å². The molecule has 0 amide bonds. The van der Waals surface area contributed by atoms with E-state index in [0.717, 1.165) is 49.2 Å². The van der Waals surface area contributed by atoms with Crippen molar-refractivity contribution in [3.63, 3.8) is 0 Å². The van der Waals surface area contributed by atoms with Gasteiger partial charge in [-0.25, -0.2) is 0 Å². The van der Waals surface area contributed by atoms with Gasteiger partial charge in [-0.2, -0.15) is 0 Å². The van der Waals surface area contributed by atoms with Gasteiger partial charge in [-0.1, -0.05) is 60.2 Å². The molecule has 180 valence electrons. The second-order valence-electron chi connectivity index (χ2n) is 9.11. The van der Waals surface area contributed by atoms with Crippen LogP contribution < -0.4 is 10.1 Å². The van der Waals surface area contributed by atoms with E-state index in [1.165, 1.54) is 27.8 Å². The van der Waals surface area contributed by atoms with E-state index in [0.29, 0.717) is 19.4 Å². The van der Waals surface area contributed by atoms with Crippen LogP contribution in [0.2, 0.25) is 0 Å². The van der Waals surface area contributed by atoms with Crippen molar-refractivity contribution in [1.82, 2.24) is 5.32 Å². The average molecular weight is 467 g/mol. The van der Waals surface area contributed by atoms with Gasteiger partial charge in [-0.3, -0.25) is 9.79 Å². The number of carbonyl (C=O) groups excluding carboxylic acids is 1. The van der Waals surface area contributed by atoms with Crippen molar-refractivity contribution in [1.29, 1.82) is 0 Å². The number of nitrogens with one attached hydrogen (secondary N) is 1. The highest BCUT2D eigenvalue weighted by molar-refractivity contribution is 5.99. The zero-order valence-electron chi connectivity index (χ0n) is 20.6. The molecular weight excluding hydrogens is 432 g/mol. The molecule has 1 aliphatic carbocycles. The van der Waals surface area contributed by atoms with E-state index in [1.807, 2.05) is 30.3 Å². The number of aryl methyl sites for hydroxylation is 2. The summed E-state index contributed by atoms with van der Waals surface area (Å²) in [5.41, 5.74) is 7.99. The molecule has 3 aromatic rings. The SMILES string of the molecule is C=N/C=C(/CCOc1ccc2c(c1CCc1ccc(C)cc1)CCCC2=O)NCc1ccccc1. The molecule has 0 aromatic heterocycles. The average Bonchev–Trinajstić information content (AvgIpc) is 2.88. The molecule has 0 fully saturated rings. The Labute approximate surface area is 208 Å². The fraction of sp³-hybridized carbons (Fsp3) is 0.290. The van der Waals surface area contributed by atoms with Gasteiger partial charge in [0, 0.05) is 36.8 Å². The zero-order valence-corrected chi connectivity index (χ0v) is 20.6. The van der Waals surface area contributed by atoms with Crippen LogP contribution in [-0.2, 0) is 25.8 Å². The van der Waals surface area contributed by atoms with Crippen molar-refractivity contribution in [2.45, 2.75) is 52.0 Å². The lowest BCUT2D eigenvalue weighted by Gasteiger charge is -2.22. The summed E-state index contributed by atoms with van der Waals surface area (Å²) in [4.78, 5) is 16.5. The van der Waals surface area contributed by atoms with E-state index in [4.69, 9.17) is 4.74 Å². The van der Waals surface area contributed by atoms with Crippen LogP contribution in [0.15, 0.2) is 83.6 Å². The lowest BCUT2D eigenvalue weighted by molar-refractivity contribution is 0.0972. The van der Waals surface area contributed by atoms with E-state index in [1.54, 1.807) is 6.20 Å². The van der Waals surface area contributed by atoms with Crippen LogP contribution in [0.5, 0.6) is 5.75 Å². The number of rotatable bonds is 11. The van der Waals surface area contributed by atoms with Gasteiger partial charge in [0.1, 0.15) is 5.75 Å². The quantitative estimate of drug-likeness (QED) is 0.333. The third kappa shape index (κ3) is 6.69. The minimum Gasteiger partial charge on any atom is -0.493 e. The first kappa shape index (κ1) is 24.5. The van der Waals surface area contributed by atoms with Crippen molar-refractivity contribution in [2.75, 3.05) is 6.61 Å². The number of hydrogen-bond acceptors (Lipinski definition) is 4. The summed E-state index contributed by atoms with van der Waals surface area (Å²) >= 11 is 0. The smallest absolute Gasteiger partial charge is 0.163 e.